The Morgan fingerprint density at radius 3 is 2.50 bits per heavy atom. The quantitative estimate of drug-likeness (QED) is 0.479. The second-order valence-electron chi connectivity index (χ2n) is 4.44. The van der Waals surface area contributed by atoms with Crippen LogP contribution in [0.3, 0.4) is 0 Å². The van der Waals surface area contributed by atoms with Crippen molar-refractivity contribution in [2.75, 3.05) is 6.61 Å². The van der Waals surface area contributed by atoms with E-state index in [1.807, 2.05) is 42.5 Å². The van der Waals surface area contributed by atoms with E-state index >= 15 is 0 Å². The Balaban J connectivity index is 2.01. The molecule has 0 spiro atoms. The zero-order valence-electron chi connectivity index (χ0n) is 11.2. The third-order valence-corrected chi connectivity index (χ3v) is 2.96. The first-order valence-electron chi connectivity index (χ1n) is 6.53. The molecule has 0 atom stereocenters. The number of ether oxygens (including phenoxy) is 1. The molecule has 0 heterocycles. The Hall–Kier alpha value is -2.33. The van der Waals surface area contributed by atoms with Gasteiger partial charge in [-0.2, -0.15) is 0 Å². The van der Waals surface area contributed by atoms with Crippen molar-refractivity contribution < 1.29 is 9.53 Å². The normalized spacial score (nSPS) is 10.1. The average Bonchev–Trinajstić information content (AvgIpc) is 2.50. The van der Waals surface area contributed by atoms with Gasteiger partial charge in [0.1, 0.15) is 5.75 Å². The van der Waals surface area contributed by atoms with E-state index in [1.165, 1.54) is 5.56 Å². The standard InChI is InChI=1S/C16H18N2O2/c17-18-16(19)10-11-20-15-9-5-4-8-14(15)12-13-6-2-1-3-7-13/h1-9H,10-12,17H2,(H,18,19). The van der Waals surface area contributed by atoms with Crippen molar-refractivity contribution in [3.05, 3.63) is 65.7 Å². The summed E-state index contributed by atoms with van der Waals surface area (Å²) in [4.78, 5) is 11.1. The number of amides is 1. The molecule has 3 N–H and O–H groups in total. The number of benzene rings is 2. The summed E-state index contributed by atoms with van der Waals surface area (Å²) < 4.78 is 5.67. The maximum atomic E-state index is 11.1. The van der Waals surface area contributed by atoms with Crippen LogP contribution >= 0.6 is 0 Å². The van der Waals surface area contributed by atoms with Gasteiger partial charge in [0.15, 0.2) is 0 Å². The number of carbonyl (C=O) groups excluding carboxylic acids is 1. The second-order valence-corrected chi connectivity index (χ2v) is 4.44. The molecule has 0 aliphatic rings. The minimum absolute atomic E-state index is 0.231. The Kier molecular flexibility index (Phi) is 5.15. The highest BCUT2D eigenvalue weighted by molar-refractivity contribution is 5.75. The van der Waals surface area contributed by atoms with Crippen molar-refractivity contribution in [2.24, 2.45) is 5.84 Å². The van der Waals surface area contributed by atoms with Crippen LogP contribution in [-0.4, -0.2) is 12.5 Å². The Bertz CT molecular complexity index is 555. The number of nitrogens with two attached hydrogens (primary N) is 1. The molecule has 0 aliphatic heterocycles. The largest absolute Gasteiger partial charge is 0.493 e. The molecule has 0 radical (unpaired) electrons. The van der Waals surface area contributed by atoms with Gasteiger partial charge >= 0.3 is 0 Å². The van der Waals surface area contributed by atoms with E-state index in [-0.39, 0.29) is 12.3 Å². The van der Waals surface area contributed by atoms with Crippen LogP contribution in [0.15, 0.2) is 54.6 Å². The van der Waals surface area contributed by atoms with Crippen molar-refractivity contribution in [3.8, 4) is 5.75 Å². The number of carbonyl (C=O) groups is 1. The first-order chi connectivity index (χ1) is 9.79. The molecule has 0 fully saturated rings. The highest BCUT2D eigenvalue weighted by Gasteiger charge is 2.05. The maximum absolute atomic E-state index is 11.1. The fraction of sp³-hybridized carbons (Fsp3) is 0.188. The summed E-state index contributed by atoms with van der Waals surface area (Å²) in [6.07, 6.45) is 1.05. The molecular weight excluding hydrogens is 252 g/mol. The molecule has 1 amide bonds. The molecule has 2 aromatic rings. The summed E-state index contributed by atoms with van der Waals surface area (Å²) in [6.45, 7) is 0.314. The minimum Gasteiger partial charge on any atom is -0.493 e. The number of hydrogen-bond donors (Lipinski definition) is 2. The van der Waals surface area contributed by atoms with Crippen molar-refractivity contribution in [3.63, 3.8) is 0 Å². The summed E-state index contributed by atoms with van der Waals surface area (Å²) in [5.41, 5.74) is 4.42. The third kappa shape index (κ3) is 4.10. The van der Waals surface area contributed by atoms with Crippen LogP contribution in [0.4, 0.5) is 0 Å². The van der Waals surface area contributed by atoms with Crippen molar-refractivity contribution in [1.29, 1.82) is 0 Å². The number of rotatable bonds is 6. The Labute approximate surface area is 118 Å². The van der Waals surface area contributed by atoms with E-state index in [9.17, 15) is 4.79 Å². The minimum atomic E-state index is -0.231. The van der Waals surface area contributed by atoms with E-state index < -0.39 is 0 Å². The van der Waals surface area contributed by atoms with Gasteiger partial charge in [0.2, 0.25) is 5.91 Å². The summed E-state index contributed by atoms with van der Waals surface area (Å²) in [6, 6.07) is 18.1. The summed E-state index contributed by atoms with van der Waals surface area (Å²) in [5, 5.41) is 0. The molecule has 4 heteroatoms. The number of nitrogens with one attached hydrogen (secondary N) is 1. The van der Waals surface area contributed by atoms with Gasteiger partial charge in [-0.3, -0.25) is 10.2 Å². The topological polar surface area (TPSA) is 64.3 Å². The van der Waals surface area contributed by atoms with E-state index in [0.29, 0.717) is 6.61 Å². The predicted octanol–water partition coefficient (Wildman–Crippen LogP) is 2.04. The van der Waals surface area contributed by atoms with Gasteiger partial charge in [0.25, 0.3) is 0 Å². The molecule has 0 saturated heterocycles. The van der Waals surface area contributed by atoms with E-state index in [4.69, 9.17) is 10.6 Å². The first kappa shape index (κ1) is 14.1. The molecule has 0 aliphatic carbocycles. The monoisotopic (exact) mass is 270 g/mol. The van der Waals surface area contributed by atoms with Crippen molar-refractivity contribution in [1.82, 2.24) is 5.43 Å². The highest BCUT2D eigenvalue weighted by atomic mass is 16.5. The van der Waals surface area contributed by atoms with Gasteiger partial charge in [-0.05, 0) is 17.2 Å². The van der Waals surface area contributed by atoms with E-state index in [0.717, 1.165) is 17.7 Å². The van der Waals surface area contributed by atoms with E-state index in [2.05, 4.69) is 17.6 Å². The summed E-state index contributed by atoms with van der Waals surface area (Å²) in [7, 11) is 0. The van der Waals surface area contributed by atoms with Gasteiger partial charge < -0.3 is 4.74 Å². The van der Waals surface area contributed by atoms with Crippen molar-refractivity contribution in [2.45, 2.75) is 12.8 Å². The van der Waals surface area contributed by atoms with Crippen LogP contribution in [0.5, 0.6) is 5.75 Å². The molecule has 2 rings (SSSR count). The fourth-order valence-electron chi connectivity index (χ4n) is 1.93. The highest BCUT2D eigenvalue weighted by Crippen LogP contribution is 2.21. The first-order valence-corrected chi connectivity index (χ1v) is 6.53. The fourth-order valence-corrected chi connectivity index (χ4v) is 1.93. The molecule has 104 valence electrons. The lowest BCUT2D eigenvalue weighted by Crippen LogP contribution is -2.31. The van der Waals surface area contributed by atoms with Crippen LogP contribution in [0.25, 0.3) is 0 Å². The van der Waals surface area contributed by atoms with Crippen LogP contribution in [0.2, 0.25) is 0 Å². The lowest BCUT2D eigenvalue weighted by molar-refractivity contribution is -0.121. The third-order valence-electron chi connectivity index (χ3n) is 2.96. The predicted molar refractivity (Wildman–Crippen MR) is 78.1 cm³/mol. The maximum Gasteiger partial charge on any atom is 0.237 e. The summed E-state index contributed by atoms with van der Waals surface area (Å²) in [5.74, 6) is 5.60. The van der Waals surface area contributed by atoms with Crippen LogP contribution in [0.1, 0.15) is 17.5 Å². The number of para-hydroxylation sites is 1. The van der Waals surface area contributed by atoms with Gasteiger partial charge in [-0.15, -0.1) is 0 Å². The molecule has 0 bridgehead atoms. The molecule has 0 unspecified atom stereocenters. The van der Waals surface area contributed by atoms with E-state index in [1.54, 1.807) is 0 Å². The summed E-state index contributed by atoms with van der Waals surface area (Å²) >= 11 is 0. The molecular formula is C16H18N2O2. The van der Waals surface area contributed by atoms with Crippen molar-refractivity contribution >= 4 is 5.91 Å². The average molecular weight is 270 g/mol. The molecule has 0 aromatic heterocycles. The SMILES string of the molecule is NNC(=O)CCOc1ccccc1Cc1ccccc1. The van der Waals surface area contributed by atoms with Crippen LogP contribution in [-0.2, 0) is 11.2 Å². The molecule has 20 heavy (non-hydrogen) atoms. The molecule has 2 aromatic carbocycles. The van der Waals surface area contributed by atoms with Gasteiger partial charge in [-0.1, -0.05) is 48.5 Å². The lowest BCUT2D eigenvalue weighted by Gasteiger charge is -2.11. The van der Waals surface area contributed by atoms with Gasteiger partial charge in [0, 0.05) is 6.42 Å². The number of hydrogen-bond acceptors (Lipinski definition) is 3. The molecule has 0 saturated carbocycles. The Morgan fingerprint density at radius 2 is 1.75 bits per heavy atom. The Morgan fingerprint density at radius 1 is 1.05 bits per heavy atom. The second kappa shape index (κ2) is 7.31. The van der Waals surface area contributed by atoms with Gasteiger partial charge in [0.05, 0.1) is 13.0 Å². The zero-order chi connectivity index (χ0) is 14.2. The van der Waals surface area contributed by atoms with Crippen LogP contribution in [0, 0.1) is 0 Å². The molecule has 4 nitrogen and oxygen atoms in total. The number of hydrazine groups is 1. The lowest BCUT2D eigenvalue weighted by atomic mass is 10.0. The van der Waals surface area contributed by atoms with Gasteiger partial charge in [-0.25, -0.2) is 5.84 Å². The van der Waals surface area contributed by atoms with Crippen LogP contribution < -0.4 is 16.0 Å². The smallest absolute Gasteiger partial charge is 0.237 e. The zero-order valence-corrected chi connectivity index (χ0v) is 11.2.